The van der Waals surface area contributed by atoms with Crippen LogP contribution in [0.25, 0.3) is 0 Å². The quantitative estimate of drug-likeness (QED) is 0.664. The summed E-state index contributed by atoms with van der Waals surface area (Å²) in [5.74, 6) is 1.45. The van der Waals surface area contributed by atoms with Crippen LogP contribution in [0.3, 0.4) is 0 Å². The minimum atomic E-state index is -0.443. The molecule has 0 heterocycles. The summed E-state index contributed by atoms with van der Waals surface area (Å²) in [5, 5.41) is 10.3. The molecule has 0 amide bonds. The van der Waals surface area contributed by atoms with Gasteiger partial charge in [0.2, 0.25) is 0 Å². The minimum Gasteiger partial charge on any atom is -0.469 e. The van der Waals surface area contributed by atoms with Crippen LogP contribution in [-0.2, 0) is 9.53 Å². The first-order chi connectivity index (χ1) is 7.11. The van der Waals surface area contributed by atoms with E-state index in [-0.39, 0.29) is 11.9 Å². The summed E-state index contributed by atoms with van der Waals surface area (Å²) in [4.78, 5) is 11.7. The summed E-state index contributed by atoms with van der Waals surface area (Å²) < 4.78 is 4.89. The summed E-state index contributed by atoms with van der Waals surface area (Å²) in [6.07, 6.45) is 4.85. The van der Waals surface area contributed by atoms with Gasteiger partial charge in [0.1, 0.15) is 0 Å². The fourth-order valence-corrected chi connectivity index (χ4v) is 4.50. The summed E-state index contributed by atoms with van der Waals surface area (Å²) >= 11 is 0. The third-order valence-electron chi connectivity index (χ3n) is 4.71. The standard InChI is InChI=1S/C12H18O3/c1-15-11(13)10-8-2-7-3-9(10)6-12(14,4-7)5-8/h7-10,14H,2-6H2,1H3. The highest BCUT2D eigenvalue weighted by molar-refractivity contribution is 5.73. The fourth-order valence-electron chi connectivity index (χ4n) is 4.50. The second-order valence-corrected chi connectivity index (χ2v) is 5.74. The third-order valence-corrected chi connectivity index (χ3v) is 4.71. The molecule has 0 spiro atoms. The molecule has 0 aromatic rings. The SMILES string of the molecule is COC(=O)C1C2CC3CC1CC(O)(C3)C2. The Bertz CT molecular complexity index is 283. The van der Waals surface area contributed by atoms with E-state index >= 15 is 0 Å². The van der Waals surface area contributed by atoms with E-state index in [4.69, 9.17) is 4.74 Å². The molecule has 4 rings (SSSR count). The maximum atomic E-state index is 11.7. The van der Waals surface area contributed by atoms with Crippen molar-refractivity contribution in [2.75, 3.05) is 7.11 Å². The number of hydrogen-bond donors (Lipinski definition) is 1. The van der Waals surface area contributed by atoms with Crippen LogP contribution in [0, 0.1) is 23.7 Å². The van der Waals surface area contributed by atoms with Crippen LogP contribution in [-0.4, -0.2) is 23.8 Å². The highest BCUT2D eigenvalue weighted by Crippen LogP contribution is 2.58. The van der Waals surface area contributed by atoms with Crippen molar-refractivity contribution in [2.45, 2.75) is 37.7 Å². The van der Waals surface area contributed by atoms with E-state index in [0.29, 0.717) is 17.8 Å². The zero-order valence-electron chi connectivity index (χ0n) is 9.11. The van der Waals surface area contributed by atoms with Crippen LogP contribution in [0.4, 0.5) is 0 Å². The summed E-state index contributed by atoms with van der Waals surface area (Å²) in [7, 11) is 1.47. The third kappa shape index (κ3) is 1.32. The van der Waals surface area contributed by atoms with Gasteiger partial charge in [-0.2, -0.15) is 0 Å². The van der Waals surface area contributed by atoms with Crippen molar-refractivity contribution in [1.29, 1.82) is 0 Å². The van der Waals surface area contributed by atoms with E-state index in [1.807, 2.05) is 0 Å². The van der Waals surface area contributed by atoms with Gasteiger partial charge < -0.3 is 9.84 Å². The molecule has 4 aliphatic carbocycles. The van der Waals surface area contributed by atoms with Gasteiger partial charge in [-0.1, -0.05) is 0 Å². The fraction of sp³-hybridized carbons (Fsp3) is 0.917. The van der Waals surface area contributed by atoms with Gasteiger partial charge >= 0.3 is 5.97 Å². The molecule has 4 bridgehead atoms. The zero-order chi connectivity index (χ0) is 10.6. The number of carbonyl (C=O) groups excluding carboxylic acids is 1. The van der Waals surface area contributed by atoms with Crippen molar-refractivity contribution in [3.8, 4) is 0 Å². The van der Waals surface area contributed by atoms with Crippen LogP contribution in [0.1, 0.15) is 32.1 Å². The first-order valence-corrected chi connectivity index (χ1v) is 5.91. The summed E-state index contributed by atoms with van der Waals surface area (Å²) in [6, 6.07) is 0. The molecule has 0 aromatic heterocycles. The lowest BCUT2D eigenvalue weighted by Crippen LogP contribution is -2.56. The normalized spacial score (nSPS) is 51.9. The number of aliphatic hydroxyl groups is 1. The van der Waals surface area contributed by atoms with E-state index in [9.17, 15) is 9.90 Å². The molecule has 0 aliphatic heterocycles. The average molecular weight is 210 g/mol. The molecule has 0 radical (unpaired) electrons. The second-order valence-electron chi connectivity index (χ2n) is 5.74. The van der Waals surface area contributed by atoms with E-state index < -0.39 is 5.60 Å². The maximum absolute atomic E-state index is 11.7. The highest BCUT2D eigenvalue weighted by atomic mass is 16.5. The van der Waals surface area contributed by atoms with Crippen LogP contribution < -0.4 is 0 Å². The lowest BCUT2D eigenvalue weighted by atomic mass is 9.50. The molecular formula is C12H18O3. The van der Waals surface area contributed by atoms with Crippen LogP contribution in [0.2, 0.25) is 0 Å². The van der Waals surface area contributed by atoms with Gasteiger partial charge in [-0.05, 0) is 49.9 Å². The van der Waals surface area contributed by atoms with Crippen LogP contribution in [0.15, 0.2) is 0 Å². The predicted molar refractivity (Wildman–Crippen MR) is 54.0 cm³/mol. The monoisotopic (exact) mass is 210 g/mol. The van der Waals surface area contributed by atoms with Gasteiger partial charge in [-0.25, -0.2) is 0 Å². The van der Waals surface area contributed by atoms with Gasteiger partial charge in [0.15, 0.2) is 0 Å². The molecule has 3 heteroatoms. The number of methoxy groups -OCH3 is 1. The Hall–Kier alpha value is -0.570. The maximum Gasteiger partial charge on any atom is 0.309 e. The van der Waals surface area contributed by atoms with Crippen molar-refractivity contribution < 1.29 is 14.6 Å². The van der Waals surface area contributed by atoms with Crippen LogP contribution in [0.5, 0.6) is 0 Å². The molecule has 0 aromatic carbocycles. The predicted octanol–water partition coefficient (Wildman–Crippen LogP) is 1.35. The number of ether oxygens (including phenoxy) is 1. The molecule has 0 saturated heterocycles. The first-order valence-electron chi connectivity index (χ1n) is 5.91. The largest absolute Gasteiger partial charge is 0.469 e. The molecule has 4 fully saturated rings. The molecule has 1 N–H and O–H groups in total. The smallest absolute Gasteiger partial charge is 0.309 e. The Balaban J connectivity index is 1.88. The highest BCUT2D eigenvalue weighted by Gasteiger charge is 2.56. The van der Waals surface area contributed by atoms with Gasteiger partial charge in [-0.3, -0.25) is 4.79 Å². The van der Waals surface area contributed by atoms with E-state index in [0.717, 1.165) is 32.1 Å². The van der Waals surface area contributed by atoms with E-state index in [1.54, 1.807) is 0 Å². The lowest BCUT2D eigenvalue weighted by molar-refractivity contribution is -0.179. The summed E-state index contributed by atoms with van der Waals surface area (Å²) in [5.41, 5.74) is -0.443. The van der Waals surface area contributed by atoms with Crippen molar-refractivity contribution >= 4 is 5.97 Å². The van der Waals surface area contributed by atoms with Gasteiger partial charge in [0.25, 0.3) is 0 Å². The molecule has 84 valence electrons. The van der Waals surface area contributed by atoms with Crippen molar-refractivity contribution in [2.24, 2.45) is 23.7 Å². The van der Waals surface area contributed by atoms with E-state index in [2.05, 4.69) is 0 Å². The second kappa shape index (κ2) is 2.97. The van der Waals surface area contributed by atoms with Gasteiger partial charge in [0.05, 0.1) is 18.6 Å². The number of rotatable bonds is 1. The molecule has 3 nitrogen and oxygen atoms in total. The lowest BCUT2D eigenvalue weighted by Gasteiger charge is -2.57. The Kier molecular flexibility index (Phi) is 1.91. The van der Waals surface area contributed by atoms with Crippen molar-refractivity contribution in [3.63, 3.8) is 0 Å². The molecule has 4 aliphatic rings. The number of esters is 1. The Labute approximate surface area is 89.8 Å². The van der Waals surface area contributed by atoms with Crippen molar-refractivity contribution in [1.82, 2.24) is 0 Å². The Morgan fingerprint density at radius 1 is 1.27 bits per heavy atom. The molecule has 15 heavy (non-hydrogen) atoms. The topological polar surface area (TPSA) is 46.5 Å². The Morgan fingerprint density at radius 2 is 1.87 bits per heavy atom. The molecule has 2 unspecified atom stereocenters. The molecule has 2 atom stereocenters. The average Bonchev–Trinajstić information content (AvgIpc) is 2.13. The number of hydrogen-bond acceptors (Lipinski definition) is 3. The molecule has 4 saturated carbocycles. The van der Waals surface area contributed by atoms with Crippen molar-refractivity contribution in [3.05, 3.63) is 0 Å². The van der Waals surface area contributed by atoms with Crippen LogP contribution >= 0.6 is 0 Å². The first kappa shape index (κ1) is 9.64. The Morgan fingerprint density at radius 3 is 2.33 bits per heavy atom. The summed E-state index contributed by atoms with van der Waals surface area (Å²) in [6.45, 7) is 0. The van der Waals surface area contributed by atoms with Gasteiger partial charge in [0, 0.05) is 0 Å². The zero-order valence-corrected chi connectivity index (χ0v) is 9.11. The molecular weight excluding hydrogens is 192 g/mol. The minimum absolute atomic E-state index is 0.0487. The number of carbonyl (C=O) groups is 1. The van der Waals surface area contributed by atoms with E-state index in [1.165, 1.54) is 7.11 Å². The van der Waals surface area contributed by atoms with Gasteiger partial charge in [-0.15, -0.1) is 0 Å².